The molecular weight excluding hydrogens is 412 g/mol. The van der Waals surface area contributed by atoms with Crippen LogP contribution in [0.3, 0.4) is 0 Å². The second kappa shape index (κ2) is 6.28. The first-order valence-corrected chi connectivity index (χ1v) is 11.2. The molecular formula is C24H22N2O2S2. The summed E-state index contributed by atoms with van der Waals surface area (Å²) in [4.78, 5) is 28.6. The van der Waals surface area contributed by atoms with Gasteiger partial charge in [-0.2, -0.15) is 0 Å². The van der Waals surface area contributed by atoms with E-state index in [-0.39, 0.29) is 17.2 Å². The lowest BCUT2D eigenvalue weighted by molar-refractivity contribution is -0.116. The van der Waals surface area contributed by atoms with Crippen LogP contribution in [-0.2, 0) is 15.0 Å². The van der Waals surface area contributed by atoms with Gasteiger partial charge < -0.3 is 10.2 Å². The Labute approximate surface area is 185 Å². The number of benzene rings is 2. The van der Waals surface area contributed by atoms with Gasteiger partial charge >= 0.3 is 0 Å². The lowest BCUT2D eigenvalue weighted by Gasteiger charge is -2.50. The van der Waals surface area contributed by atoms with Crippen molar-refractivity contribution in [1.82, 2.24) is 5.32 Å². The number of anilines is 1. The third-order valence-electron chi connectivity index (χ3n) is 6.40. The molecule has 2 aromatic rings. The first kappa shape index (κ1) is 19.5. The fourth-order valence-electron chi connectivity index (χ4n) is 5.34. The molecule has 1 saturated heterocycles. The van der Waals surface area contributed by atoms with Crippen LogP contribution in [-0.4, -0.2) is 21.7 Å². The molecule has 0 spiro atoms. The van der Waals surface area contributed by atoms with E-state index in [9.17, 15) is 9.59 Å². The first-order valence-electron chi connectivity index (χ1n) is 9.96. The third kappa shape index (κ3) is 2.56. The number of nitrogens with zero attached hydrogens (tertiary/aromatic N) is 1. The largest absolute Gasteiger partial charge is 0.307 e. The van der Waals surface area contributed by atoms with Crippen LogP contribution in [0.1, 0.15) is 49.4 Å². The van der Waals surface area contributed by atoms with E-state index >= 15 is 0 Å². The zero-order valence-electron chi connectivity index (χ0n) is 17.3. The van der Waals surface area contributed by atoms with Gasteiger partial charge in [0.25, 0.3) is 11.8 Å². The molecule has 2 aromatic carbocycles. The van der Waals surface area contributed by atoms with E-state index in [4.69, 9.17) is 12.2 Å². The number of carbonyl (C=O) groups is 2. The molecule has 3 heterocycles. The molecule has 0 aromatic heterocycles. The molecule has 1 N–H and O–H groups in total. The van der Waals surface area contributed by atoms with E-state index in [1.807, 2.05) is 24.0 Å². The van der Waals surface area contributed by atoms with Crippen LogP contribution in [0.5, 0.6) is 0 Å². The van der Waals surface area contributed by atoms with Crippen molar-refractivity contribution in [3.8, 4) is 0 Å². The summed E-state index contributed by atoms with van der Waals surface area (Å²) in [7, 11) is 0. The molecule has 0 saturated carbocycles. The summed E-state index contributed by atoms with van der Waals surface area (Å²) in [6, 6.07) is 14.7. The second-order valence-electron chi connectivity index (χ2n) is 9.08. The molecule has 4 nitrogen and oxygen atoms in total. The van der Waals surface area contributed by atoms with Gasteiger partial charge in [-0.25, -0.2) is 0 Å². The molecule has 152 valence electrons. The molecule has 6 heteroatoms. The van der Waals surface area contributed by atoms with Gasteiger partial charge in [-0.3, -0.25) is 9.59 Å². The molecule has 0 bridgehead atoms. The molecule has 0 unspecified atom stereocenters. The van der Waals surface area contributed by atoms with Gasteiger partial charge in [0.2, 0.25) is 0 Å². The van der Waals surface area contributed by atoms with Crippen molar-refractivity contribution in [2.45, 2.75) is 45.1 Å². The average Bonchev–Trinajstić information content (AvgIpc) is 3.15. The van der Waals surface area contributed by atoms with E-state index in [2.05, 4.69) is 56.4 Å². The lowest BCUT2D eigenvalue weighted by Crippen LogP contribution is -2.54. The van der Waals surface area contributed by atoms with E-state index in [0.717, 1.165) is 28.8 Å². The number of nitrogens with one attached hydrogen (secondary N) is 1. The summed E-state index contributed by atoms with van der Waals surface area (Å²) in [6.45, 7) is 8.53. The zero-order chi connectivity index (χ0) is 21.4. The maximum atomic E-state index is 13.7. The smallest absolute Gasteiger partial charge is 0.264 e. The topological polar surface area (TPSA) is 49.4 Å². The van der Waals surface area contributed by atoms with E-state index in [1.165, 1.54) is 17.3 Å². The Morgan fingerprint density at radius 2 is 1.80 bits per heavy atom. The number of thioether (sulfide) groups is 1. The molecule has 0 aliphatic carbocycles. The molecule has 3 aliphatic rings. The second-order valence-corrected chi connectivity index (χ2v) is 10.8. The summed E-state index contributed by atoms with van der Waals surface area (Å²) in [6.07, 6.45) is 0.784. The van der Waals surface area contributed by atoms with Crippen molar-refractivity contribution in [2.24, 2.45) is 0 Å². The Balaban J connectivity index is 1.86. The van der Waals surface area contributed by atoms with Gasteiger partial charge in [0, 0.05) is 16.5 Å². The van der Waals surface area contributed by atoms with Gasteiger partial charge in [-0.15, -0.1) is 0 Å². The minimum Gasteiger partial charge on any atom is -0.307 e. The molecule has 3 aliphatic heterocycles. The van der Waals surface area contributed by atoms with Crippen LogP contribution in [0.2, 0.25) is 0 Å². The highest BCUT2D eigenvalue weighted by molar-refractivity contribution is 8.27. The highest BCUT2D eigenvalue weighted by Crippen LogP contribution is 2.57. The summed E-state index contributed by atoms with van der Waals surface area (Å²) in [5, 5.41) is 2.66. The summed E-state index contributed by atoms with van der Waals surface area (Å²) in [5.41, 5.74) is 5.02. The van der Waals surface area contributed by atoms with Crippen LogP contribution in [0.15, 0.2) is 47.4 Å². The summed E-state index contributed by atoms with van der Waals surface area (Å²) in [5.74, 6) is -0.397. The Bertz CT molecular complexity index is 1180. The Kier molecular flexibility index (Phi) is 4.09. The van der Waals surface area contributed by atoms with E-state index in [0.29, 0.717) is 14.8 Å². The molecule has 2 amide bonds. The number of carbonyl (C=O) groups excluding carboxylic acids is 2. The van der Waals surface area contributed by atoms with Crippen LogP contribution < -0.4 is 10.2 Å². The van der Waals surface area contributed by atoms with Gasteiger partial charge in [0.1, 0.15) is 4.32 Å². The molecule has 0 radical (unpaired) electrons. The number of hydrogen-bond acceptors (Lipinski definition) is 4. The molecule has 5 rings (SSSR count). The average molecular weight is 435 g/mol. The maximum Gasteiger partial charge on any atom is 0.264 e. The normalized spacial score (nSPS) is 26.8. The van der Waals surface area contributed by atoms with Gasteiger partial charge in [-0.1, -0.05) is 72.9 Å². The zero-order valence-corrected chi connectivity index (χ0v) is 19.0. The Morgan fingerprint density at radius 3 is 2.43 bits per heavy atom. The number of hydrogen-bond donors (Lipinski definition) is 1. The summed E-state index contributed by atoms with van der Waals surface area (Å²) < 4.78 is 0.395. The predicted molar refractivity (Wildman–Crippen MR) is 126 cm³/mol. The quantitative estimate of drug-likeness (QED) is 0.523. The summed E-state index contributed by atoms with van der Waals surface area (Å²) >= 11 is 6.37. The van der Waals surface area contributed by atoms with Crippen LogP contribution in [0, 0.1) is 6.92 Å². The molecule has 1 atom stereocenters. The van der Waals surface area contributed by atoms with Gasteiger partial charge in [0.15, 0.2) is 0 Å². The fourth-order valence-corrected chi connectivity index (χ4v) is 6.45. The minimum atomic E-state index is -0.415. The third-order valence-corrected chi connectivity index (χ3v) is 7.64. The minimum absolute atomic E-state index is 0.112. The van der Waals surface area contributed by atoms with Crippen molar-refractivity contribution >= 4 is 51.4 Å². The molecule has 30 heavy (non-hydrogen) atoms. The monoisotopic (exact) mass is 434 g/mol. The standard InChI is InChI=1S/C24H22N2O2S2/c1-13-10-15-17(19-20(27)25-22(29)30-19)21(28)26-18(15)16(11-13)24(4,12-23(26,2)3)14-8-6-5-7-9-14/h5-11H,12H2,1-4H3,(H,25,27,29)/b19-17-/t24-/m1/s1. The van der Waals surface area contributed by atoms with Crippen LogP contribution in [0.25, 0.3) is 5.57 Å². The SMILES string of the molecule is Cc1cc2c3c(c1)[C@@](C)(c1ccccc1)CC(C)(C)N3C(=O)/C2=C1\SC(=S)NC1=O. The number of rotatable bonds is 1. The molecule has 1 fully saturated rings. The van der Waals surface area contributed by atoms with Crippen LogP contribution in [0.4, 0.5) is 5.69 Å². The Morgan fingerprint density at radius 1 is 1.10 bits per heavy atom. The fraction of sp³-hybridized carbons (Fsp3) is 0.292. The van der Waals surface area contributed by atoms with Crippen molar-refractivity contribution in [1.29, 1.82) is 0 Å². The Hall–Kier alpha value is -2.44. The van der Waals surface area contributed by atoms with Crippen molar-refractivity contribution in [3.63, 3.8) is 0 Å². The van der Waals surface area contributed by atoms with Gasteiger partial charge in [-0.05, 0) is 44.4 Å². The van der Waals surface area contributed by atoms with E-state index in [1.54, 1.807) is 0 Å². The van der Waals surface area contributed by atoms with Gasteiger partial charge in [0.05, 0.1) is 16.2 Å². The van der Waals surface area contributed by atoms with Crippen molar-refractivity contribution in [2.75, 3.05) is 4.90 Å². The number of aryl methyl sites for hydroxylation is 1. The van der Waals surface area contributed by atoms with E-state index < -0.39 is 5.54 Å². The lowest BCUT2D eigenvalue weighted by atomic mass is 9.65. The maximum absolute atomic E-state index is 13.7. The number of amides is 2. The highest BCUT2D eigenvalue weighted by atomic mass is 32.2. The first-order chi connectivity index (χ1) is 14.1. The van der Waals surface area contributed by atoms with Crippen LogP contribution >= 0.6 is 24.0 Å². The predicted octanol–water partition coefficient (Wildman–Crippen LogP) is 4.69. The number of thiocarbonyl (C=S) groups is 1. The van der Waals surface area contributed by atoms with Crippen molar-refractivity contribution in [3.05, 3.63) is 69.6 Å². The highest BCUT2D eigenvalue weighted by Gasteiger charge is 2.53. The van der Waals surface area contributed by atoms with Crippen molar-refractivity contribution < 1.29 is 9.59 Å².